The standard InChI is InChI=1S/C11H17NOS2/c12-11(8-13)5-1-3-9(7-11)15-10-4-2-6-14-10/h2,4,6,9,13H,1,3,5,7-8,12H2. The Morgan fingerprint density at radius 3 is 3.20 bits per heavy atom. The van der Waals surface area contributed by atoms with Gasteiger partial charge in [-0.05, 0) is 30.7 Å². The minimum atomic E-state index is -0.326. The van der Waals surface area contributed by atoms with Crippen molar-refractivity contribution in [2.45, 2.75) is 40.7 Å². The van der Waals surface area contributed by atoms with E-state index < -0.39 is 0 Å². The highest BCUT2D eigenvalue weighted by Gasteiger charge is 2.32. The van der Waals surface area contributed by atoms with Crippen LogP contribution in [0.5, 0.6) is 0 Å². The Bertz CT molecular complexity index is 302. The van der Waals surface area contributed by atoms with E-state index in [1.807, 2.05) is 11.8 Å². The summed E-state index contributed by atoms with van der Waals surface area (Å²) in [6, 6.07) is 4.23. The topological polar surface area (TPSA) is 46.2 Å². The summed E-state index contributed by atoms with van der Waals surface area (Å²) in [7, 11) is 0. The summed E-state index contributed by atoms with van der Waals surface area (Å²) in [6.07, 6.45) is 4.26. The van der Waals surface area contributed by atoms with Crippen molar-refractivity contribution >= 4 is 23.1 Å². The first-order valence-electron chi connectivity index (χ1n) is 5.32. The molecule has 0 bridgehead atoms. The van der Waals surface area contributed by atoms with E-state index in [0.717, 1.165) is 19.3 Å². The Balaban J connectivity index is 1.93. The third-order valence-corrected chi connectivity index (χ3v) is 5.27. The molecule has 0 saturated heterocycles. The van der Waals surface area contributed by atoms with Crippen LogP contribution in [-0.2, 0) is 0 Å². The van der Waals surface area contributed by atoms with Gasteiger partial charge in [-0.2, -0.15) is 0 Å². The van der Waals surface area contributed by atoms with Crippen LogP contribution in [0.25, 0.3) is 0 Å². The number of rotatable bonds is 3. The lowest BCUT2D eigenvalue weighted by molar-refractivity contribution is 0.159. The fourth-order valence-corrected chi connectivity index (χ4v) is 4.51. The molecule has 15 heavy (non-hydrogen) atoms. The average Bonchev–Trinajstić information content (AvgIpc) is 2.71. The molecule has 0 aliphatic heterocycles. The largest absolute Gasteiger partial charge is 0.394 e. The number of hydrogen-bond acceptors (Lipinski definition) is 4. The molecule has 2 rings (SSSR count). The van der Waals surface area contributed by atoms with Crippen LogP contribution in [-0.4, -0.2) is 22.5 Å². The molecule has 3 N–H and O–H groups in total. The first kappa shape index (κ1) is 11.5. The molecule has 0 amide bonds. The predicted molar refractivity (Wildman–Crippen MR) is 66.4 cm³/mol. The highest BCUT2D eigenvalue weighted by Crippen LogP contribution is 2.38. The molecule has 0 aromatic carbocycles. The molecule has 2 atom stereocenters. The molecule has 84 valence electrons. The van der Waals surface area contributed by atoms with Crippen LogP contribution in [0.2, 0.25) is 0 Å². The molecule has 1 fully saturated rings. The third kappa shape index (κ3) is 2.97. The SMILES string of the molecule is NC1(CO)CCCC(Sc2cccs2)C1. The van der Waals surface area contributed by atoms with Crippen molar-refractivity contribution in [3.63, 3.8) is 0 Å². The Labute approximate surface area is 98.9 Å². The van der Waals surface area contributed by atoms with Gasteiger partial charge < -0.3 is 10.8 Å². The molecule has 2 nitrogen and oxygen atoms in total. The van der Waals surface area contributed by atoms with Crippen LogP contribution in [0.1, 0.15) is 25.7 Å². The van der Waals surface area contributed by atoms with E-state index in [4.69, 9.17) is 5.73 Å². The van der Waals surface area contributed by atoms with Gasteiger partial charge in [-0.3, -0.25) is 0 Å². The van der Waals surface area contributed by atoms with Crippen molar-refractivity contribution in [3.8, 4) is 0 Å². The predicted octanol–water partition coefficient (Wildman–Crippen LogP) is 2.47. The number of thiophene rings is 1. The molecule has 1 aliphatic carbocycles. The van der Waals surface area contributed by atoms with E-state index in [9.17, 15) is 5.11 Å². The normalized spacial score (nSPS) is 31.7. The van der Waals surface area contributed by atoms with E-state index in [2.05, 4.69) is 17.5 Å². The van der Waals surface area contributed by atoms with E-state index in [1.54, 1.807) is 11.3 Å². The van der Waals surface area contributed by atoms with Crippen molar-refractivity contribution in [3.05, 3.63) is 17.5 Å². The summed E-state index contributed by atoms with van der Waals surface area (Å²) in [5.41, 5.74) is 5.79. The number of thioether (sulfide) groups is 1. The number of nitrogens with two attached hydrogens (primary N) is 1. The second-order valence-electron chi connectivity index (χ2n) is 4.29. The van der Waals surface area contributed by atoms with E-state index in [0.29, 0.717) is 5.25 Å². The number of aliphatic hydroxyl groups is 1. The lowest BCUT2D eigenvalue weighted by atomic mass is 9.83. The molecule has 0 radical (unpaired) electrons. The van der Waals surface area contributed by atoms with Crippen LogP contribution < -0.4 is 5.73 Å². The summed E-state index contributed by atoms with van der Waals surface area (Å²) < 4.78 is 1.36. The van der Waals surface area contributed by atoms with E-state index in [-0.39, 0.29) is 12.1 Å². The van der Waals surface area contributed by atoms with Gasteiger partial charge in [0.2, 0.25) is 0 Å². The van der Waals surface area contributed by atoms with Crippen molar-refractivity contribution in [2.75, 3.05) is 6.61 Å². The van der Waals surface area contributed by atoms with Gasteiger partial charge in [-0.25, -0.2) is 0 Å². The van der Waals surface area contributed by atoms with Gasteiger partial charge in [0, 0.05) is 10.8 Å². The van der Waals surface area contributed by atoms with Gasteiger partial charge in [0.15, 0.2) is 0 Å². The first-order chi connectivity index (χ1) is 7.22. The second-order valence-corrected chi connectivity index (χ2v) is 6.84. The maximum Gasteiger partial charge on any atom is 0.0611 e. The van der Waals surface area contributed by atoms with Gasteiger partial charge in [0.05, 0.1) is 10.8 Å². The van der Waals surface area contributed by atoms with E-state index in [1.165, 1.54) is 10.6 Å². The summed E-state index contributed by atoms with van der Waals surface area (Å²) in [5.74, 6) is 0. The molecule has 0 spiro atoms. The average molecular weight is 243 g/mol. The molecule has 1 aliphatic rings. The summed E-state index contributed by atoms with van der Waals surface area (Å²) >= 11 is 3.70. The maximum atomic E-state index is 9.26. The summed E-state index contributed by atoms with van der Waals surface area (Å²) in [6.45, 7) is 0.120. The van der Waals surface area contributed by atoms with Gasteiger partial charge in [0.1, 0.15) is 0 Å². The Morgan fingerprint density at radius 2 is 2.53 bits per heavy atom. The van der Waals surface area contributed by atoms with Crippen molar-refractivity contribution in [1.82, 2.24) is 0 Å². The Hall–Kier alpha value is -0.0300. The molecular formula is C11H17NOS2. The quantitative estimate of drug-likeness (QED) is 0.857. The Morgan fingerprint density at radius 1 is 1.67 bits per heavy atom. The monoisotopic (exact) mass is 243 g/mol. The van der Waals surface area contributed by atoms with Gasteiger partial charge in [-0.15, -0.1) is 23.1 Å². The summed E-state index contributed by atoms with van der Waals surface area (Å²) in [4.78, 5) is 0. The highest BCUT2D eigenvalue weighted by atomic mass is 32.2. The fourth-order valence-electron chi connectivity index (χ4n) is 2.08. The lowest BCUT2D eigenvalue weighted by Crippen LogP contribution is -2.48. The van der Waals surface area contributed by atoms with Crippen LogP contribution in [0, 0.1) is 0 Å². The maximum absolute atomic E-state index is 9.26. The Kier molecular flexibility index (Phi) is 3.72. The first-order valence-corrected chi connectivity index (χ1v) is 7.08. The van der Waals surface area contributed by atoms with Crippen molar-refractivity contribution in [1.29, 1.82) is 0 Å². The molecular weight excluding hydrogens is 226 g/mol. The third-order valence-electron chi connectivity index (χ3n) is 2.93. The van der Waals surface area contributed by atoms with Gasteiger partial charge >= 0.3 is 0 Å². The van der Waals surface area contributed by atoms with Crippen LogP contribution in [0.4, 0.5) is 0 Å². The number of aliphatic hydroxyl groups excluding tert-OH is 1. The molecule has 2 unspecified atom stereocenters. The highest BCUT2D eigenvalue weighted by molar-refractivity contribution is 8.01. The van der Waals surface area contributed by atoms with Crippen molar-refractivity contribution in [2.24, 2.45) is 5.73 Å². The van der Waals surface area contributed by atoms with Gasteiger partial charge in [-0.1, -0.05) is 12.5 Å². The minimum Gasteiger partial charge on any atom is -0.394 e. The molecule has 1 saturated carbocycles. The van der Waals surface area contributed by atoms with Crippen molar-refractivity contribution < 1.29 is 5.11 Å². The fraction of sp³-hybridized carbons (Fsp3) is 0.636. The van der Waals surface area contributed by atoms with Crippen LogP contribution >= 0.6 is 23.1 Å². The second kappa shape index (κ2) is 4.87. The zero-order valence-corrected chi connectivity index (χ0v) is 10.3. The van der Waals surface area contributed by atoms with Gasteiger partial charge in [0.25, 0.3) is 0 Å². The number of hydrogen-bond donors (Lipinski definition) is 2. The molecule has 4 heteroatoms. The van der Waals surface area contributed by atoms with Crippen LogP contribution in [0.3, 0.4) is 0 Å². The van der Waals surface area contributed by atoms with Crippen LogP contribution in [0.15, 0.2) is 21.7 Å². The zero-order valence-electron chi connectivity index (χ0n) is 8.69. The van der Waals surface area contributed by atoms with E-state index >= 15 is 0 Å². The lowest BCUT2D eigenvalue weighted by Gasteiger charge is -2.36. The molecule has 1 heterocycles. The smallest absolute Gasteiger partial charge is 0.0611 e. The minimum absolute atomic E-state index is 0.120. The zero-order chi connectivity index (χ0) is 10.7. The molecule has 1 aromatic rings. The molecule has 1 aromatic heterocycles. The summed E-state index contributed by atoms with van der Waals surface area (Å²) in [5, 5.41) is 11.9.